The molecule has 0 aliphatic heterocycles. The van der Waals surface area contributed by atoms with Crippen LogP contribution in [0.15, 0.2) is 52.1 Å². The summed E-state index contributed by atoms with van der Waals surface area (Å²) in [6.45, 7) is 7.16. The average Bonchev–Trinajstić information content (AvgIpc) is 3.01. The van der Waals surface area contributed by atoms with Crippen LogP contribution in [-0.4, -0.2) is 29.9 Å². The maximum Gasteiger partial charge on any atom is 0.434 e. The topological polar surface area (TPSA) is 64.3 Å². The molecule has 0 N–H and O–H groups in total. The zero-order valence-corrected chi connectivity index (χ0v) is 17.6. The van der Waals surface area contributed by atoms with E-state index < -0.39 is 21.7 Å². The van der Waals surface area contributed by atoms with Gasteiger partial charge in [0.1, 0.15) is 5.82 Å². The Hall–Kier alpha value is -2.86. The van der Waals surface area contributed by atoms with Crippen LogP contribution in [0.3, 0.4) is 0 Å². The molecule has 9 heteroatoms. The van der Waals surface area contributed by atoms with E-state index in [4.69, 9.17) is 6.42 Å². The quantitative estimate of drug-likeness (QED) is 0.533. The third kappa shape index (κ3) is 7.58. The predicted octanol–water partition coefficient (Wildman–Crippen LogP) is 4.61. The number of hydrogen-bond acceptors (Lipinski definition) is 4. The first-order valence-corrected chi connectivity index (χ1v) is 10.2. The van der Waals surface area contributed by atoms with Gasteiger partial charge < -0.3 is 4.57 Å². The van der Waals surface area contributed by atoms with Crippen LogP contribution in [0.2, 0.25) is 0 Å². The molecule has 29 heavy (non-hydrogen) atoms. The third-order valence-corrected chi connectivity index (χ3v) is 4.59. The van der Waals surface area contributed by atoms with Crippen molar-refractivity contribution in [1.82, 2.24) is 9.55 Å². The number of hydrogen-bond donors (Lipinski definition) is 0. The maximum atomic E-state index is 12.6. The van der Waals surface area contributed by atoms with Gasteiger partial charge >= 0.3 is 6.18 Å². The van der Waals surface area contributed by atoms with Crippen LogP contribution >= 0.6 is 0 Å². The van der Waals surface area contributed by atoms with Gasteiger partial charge in [0.05, 0.1) is 4.90 Å². The summed E-state index contributed by atoms with van der Waals surface area (Å²) < 4.78 is 61.6. The van der Waals surface area contributed by atoms with Crippen molar-refractivity contribution in [2.75, 3.05) is 6.26 Å². The second-order valence-electron chi connectivity index (χ2n) is 6.34. The highest BCUT2D eigenvalue weighted by atomic mass is 32.2. The lowest BCUT2D eigenvalue weighted by Gasteiger charge is -2.05. The first-order chi connectivity index (χ1) is 13.3. The van der Waals surface area contributed by atoms with Crippen molar-refractivity contribution in [3.8, 4) is 18.0 Å². The van der Waals surface area contributed by atoms with Crippen LogP contribution < -0.4 is 0 Å². The molecule has 0 bridgehead atoms. The number of alkyl halides is 3. The molecule has 156 valence electrons. The fraction of sp³-hybridized carbons (Fsp3) is 0.300. The van der Waals surface area contributed by atoms with Crippen molar-refractivity contribution in [1.29, 1.82) is 0 Å². The summed E-state index contributed by atoms with van der Waals surface area (Å²) in [7, 11) is -3.33. The van der Waals surface area contributed by atoms with Crippen LogP contribution in [0.4, 0.5) is 13.2 Å². The minimum absolute atomic E-state index is 0.107. The summed E-state index contributed by atoms with van der Waals surface area (Å²) in [6.07, 6.45) is 4.19. The molecule has 0 amide bonds. The number of aliphatic imine (C=N–C) groups is 1. The molecule has 0 fully saturated rings. The second kappa shape index (κ2) is 9.56. The highest BCUT2D eigenvalue weighted by Gasteiger charge is 2.34. The Morgan fingerprint density at radius 1 is 1.21 bits per heavy atom. The number of aromatic nitrogens is 2. The molecule has 0 spiro atoms. The highest BCUT2D eigenvalue weighted by molar-refractivity contribution is 7.90. The number of rotatable bonds is 3. The number of benzene rings is 1. The molecule has 0 aliphatic rings. The molecular weight excluding hydrogens is 403 g/mol. The van der Waals surface area contributed by atoms with E-state index in [0.717, 1.165) is 23.7 Å². The van der Waals surface area contributed by atoms with Crippen LogP contribution in [0.25, 0.3) is 5.69 Å². The van der Waals surface area contributed by atoms with Crippen molar-refractivity contribution in [2.24, 2.45) is 4.99 Å². The Morgan fingerprint density at radius 3 is 2.14 bits per heavy atom. The molecule has 2 rings (SSSR count). The standard InChI is InChI=1S/C12H11F3N2O2S.C8H11N/c1-8-16-11(12(13,14)15)7-17(8)9-3-5-10(6-4-9)20(2,18)19;1-5-8(4)6-9-7(2)3/h3-7H,1-2H3;1,6H,2-4H3/b;8-6-. The number of terminal acetylenes is 1. The van der Waals surface area contributed by atoms with Gasteiger partial charge in [-0.15, -0.1) is 6.42 Å². The number of imidazole rings is 1. The van der Waals surface area contributed by atoms with Gasteiger partial charge in [-0.05, 0) is 52.0 Å². The molecule has 0 saturated heterocycles. The van der Waals surface area contributed by atoms with Crippen molar-refractivity contribution >= 4 is 15.5 Å². The van der Waals surface area contributed by atoms with Gasteiger partial charge in [-0.1, -0.05) is 5.92 Å². The van der Waals surface area contributed by atoms with Crippen molar-refractivity contribution in [3.05, 3.63) is 53.8 Å². The highest BCUT2D eigenvalue weighted by Crippen LogP contribution is 2.29. The largest absolute Gasteiger partial charge is 0.434 e. The van der Waals surface area contributed by atoms with Gasteiger partial charge in [-0.25, -0.2) is 13.4 Å². The van der Waals surface area contributed by atoms with E-state index in [9.17, 15) is 21.6 Å². The average molecular weight is 425 g/mol. The number of halogens is 3. The molecule has 2 aromatic rings. The zero-order valence-electron chi connectivity index (χ0n) is 16.7. The number of sulfone groups is 1. The Bertz CT molecular complexity index is 1050. The van der Waals surface area contributed by atoms with E-state index in [1.54, 1.807) is 6.20 Å². The van der Waals surface area contributed by atoms with E-state index in [0.29, 0.717) is 5.69 Å². The lowest BCUT2D eigenvalue weighted by atomic mass is 10.3. The molecule has 1 aromatic carbocycles. The van der Waals surface area contributed by atoms with Gasteiger partial charge in [-0.2, -0.15) is 13.2 Å². The van der Waals surface area contributed by atoms with E-state index in [-0.39, 0.29) is 10.7 Å². The summed E-state index contributed by atoms with van der Waals surface area (Å²) in [5, 5.41) is 0. The van der Waals surface area contributed by atoms with E-state index in [2.05, 4.69) is 15.9 Å². The van der Waals surface area contributed by atoms with Crippen LogP contribution in [0.5, 0.6) is 0 Å². The summed E-state index contributed by atoms with van der Waals surface area (Å²) in [4.78, 5) is 7.56. The predicted molar refractivity (Wildman–Crippen MR) is 108 cm³/mol. The minimum atomic E-state index is -4.51. The van der Waals surface area contributed by atoms with E-state index >= 15 is 0 Å². The lowest BCUT2D eigenvalue weighted by Crippen LogP contribution is -2.05. The Morgan fingerprint density at radius 2 is 1.76 bits per heavy atom. The van der Waals surface area contributed by atoms with Gasteiger partial charge in [0.25, 0.3) is 0 Å². The Kier molecular flexibility index (Phi) is 7.97. The first kappa shape index (κ1) is 24.2. The van der Waals surface area contributed by atoms with E-state index in [1.165, 1.54) is 35.8 Å². The monoisotopic (exact) mass is 425 g/mol. The van der Waals surface area contributed by atoms with Crippen LogP contribution in [0, 0.1) is 19.3 Å². The summed E-state index contributed by atoms with van der Waals surface area (Å²) in [5.41, 5.74) is 1.31. The molecule has 1 aromatic heterocycles. The summed E-state index contributed by atoms with van der Waals surface area (Å²) >= 11 is 0. The van der Waals surface area contributed by atoms with Gasteiger partial charge in [0, 0.05) is 35.6 Å². The third-order valence-electron chi connectivity index (χ3n) is 3.46. The molecule has 5 nitrogen and oxygen atoms in total. The van der Waals surface area contributed by atoms with E-state index in [1.807, 2.05) is 20.8 Å². The number of nitrogens with zero attached hydrogens (tertiary/aromatic N) is 3. The molecule has 0 unspecified atom stereocenters. The summed E-state index contributed by atoms with van der Waals surface area (Å²) in [5.74, 6) is 2.65. The first-order valence-electron chi connectivity index (χ1n) is 8.33. The molecule has 0 saturated carbocycles. The van der Waals surface area contributed by atoms with Crippen molar-refractivity contribution in [3.63, 3.8) is 0 Å². The molecule has 1 heterocycles. The zero-order chi connectivity index (χ0) is 22.4. The Labute approximate surface area is 168 Å². The SMILES string of the molecule is C#C/C(C)=C\N=C(C)C.Cc1nc(C(F)(F)F)cn1-c1ccc(S(C)(=O)=O)cc1. The van der Waals surface area contributed by atoms with Gasteiger partial charge in [0.2, 0.25) is 0 Å². The van der Waals surface area contributed by atoms with Crippen LogP contribution in [-0.2, 0) is 16.0 Å². The number of allylic oxidation sites excluding steroid dienone is 1. The lowest BCUT2D eigenvalue weighted by molar-refractivity contribution is -0.141. The minimum Gasteiger partial charge on any atom is -0.303 e. The maximum absolute atomic E-state index is 12.6. The second-order valence-corrected chi connectivity index (χ2v) is 8.36. The molecule has 0 radical (unpaired) electrons. The molecule has 0 aliphatic carbocycles. The smallest absolute Gasteiger partial charge is 0.303 e. The fourth-order valence-corrected chi connectivity index (χ4v) is 2.62. The van der Waals surface area contributed by atoms with Gasteiger partial charge in [-0.3, -0.25) is 4.99 Å². The molecular formula is C20H22F3N3O2S. The Balaban J connectivity index is 0.000000396. The number of aryl methyl sites for hydroxylation is 1. The van der Waals surface area contributed by atoms with Crippen LogP contribution in [0.1, 0.15) is 32.3 Å². The normalized spacial score (nSPS) is 11.9. The van der Waals surface area contributed by atoms with Crippen molar-refractivity contribution < 1.29 is 21.6 Å². The summed E-state index contributed by atoms with van der Waals surface area (Å²) in [6, 6.07) is 5.56. The fourth-order valence-electron chi connectivity index (χ4n) is 1.99. The molecule has 0 atom stereocenters. The van der Waals surface area contributed by atoms with Gasteiger partial charge in [0.15, 0.2) is 15.5 Å². The van der Waals surface area contributed by atoms with Crippen molar-refractivity contribution in [2.45, 2.75) is 38.8 Å².